The third-order valence-corrected chi connectivity index (χ3v) is 3.24. The van der Waals surface area contributed by atoms with Crippen molar-refractivity contribution in [1.29, 1.82) is 0 Å². The molecule has 1 heterocycles. The topological polar surface area (TPSA) is 49.3 Å². The average Bonchev–Trinajstić information content (AvgIpc) is 2.68. The third kappa shape index (κ3) is 2.96. The van der Waals surface area contributed by atoms with Crippen LogP contribution in [0.15, 0.2) is 28.9 Å². The van der Waals surface area contributed by atoms with Gasteiger partial charge in [0.25, 0.3) is 0 Å². The molecule has 0 aliphatic rings. The van der Waals surface area contributed by atoms with Crippen LogP contribution in [0.4, 0.5) is 11.4 Å². The van der Waals surface area contributed by atoms with Crippen LogP contribution in [-0.2, 0) is 11.2 Å². The summed E-state index contributed by atoms with van der Waals surface area (Å²) >= 11 is 12.7. The molecule has 1 aromatic carbocycles. The van der Waals surface area contributed by atoms with Crippen molar-refractivity contribution in [2.75, 3.05) is 5.32 Å². The van der Waals surface area contributed by atoms with Crippen molar-refractivity contribution in [2.24, 2.45) is 0 Å². The number of carboxylic acids is 1. The molecule has 3 nitrogen and oxygen atoms in total. The lowest BCUT2D eigenvalue weighted by atomic mass is 10.2. The van der Waals surface area contributed by atoms with Crippen molar-refractivity contribution >= 4 is 51.9 Å². The molecule has 2 N–H and O–H groups in total. The molecule has 0 amide bonds. The molecule has 18 heavy (non-hydrogen) atoms. The van der Waals surface area contributed by atoms with Crippen molar-refractivity contribution in [3.63, 3.8) is 0 Å². The molecule has 0 bridgehead atoms. The van der Waals surface area contributed by atoms with Gasteiger partial charge in [0.2, 0.25) is 0 Å². The van der Waals surface area contributed by atoms with Crippen molar-refractivity contribution in [2.45, 2.75) is 6.37 Å². The number of carboxylic acid groups (broad SMARTS) is 1. The summed E-state index contributed by atoms with van der Waals surface area (Å²) in [6.45, 7) is 0. The van der Waals surface area contributed by atoms with E-state index in [0.717, 1.165) is 0 Å². The predicted octanol–water partition coefficient (Wildman–Crippen LogP) is 4.43. The lowest BCUT2D eigenvalue weighted by molar-refractivity contribution is -0.136. The summed E-state index contributed by atoms with van der Waals surface area (Å²) in [7, 11) is 0. The maximum Gasteiger partial charge on any atom is 0.307 e. The van der Waals surface area contributed by atoms with Gasteiger partial charge in [-0.3, -0.25) is 4.79 Å². The quantitative estimate of drug-likeness (QED) is 0.822. The Morgan fingerprint density at radius 3 is 2.72 bits per heavy atom. The Morgan fingerprint density at radius 2 is 2.11 bits per heavy atom. The van der Waals surface area contributed by atoms with E-state index in [1.807, 2.05) is 0 Å². The minimum absolute atomic E-state index is 0.127. The van der Waals surface area contributed by atoms with Gasteiger partial charge in [-0.05, 0) is 23.1 Å². The van der Waals surface area contributed by atoms with Crippen LogP contribution in [0, 0.1) is 0 Å². The van der Waals surface area contributed by atoms with Gasteiger partial charge >= 0.3 is 5.97 Å². The SMILES string of the molecule is [2H]c1sc([2H])c(C([2H])([2H])[13C](=O)O)c1Nc1c(Cl)cccc1Cl. The number of rotatable bonds is 4. The minimum Gasteiger partial charge on any atom is -0.481 e. The number of aliphatic carboxylic acids is 1. The summed E-state index contributed by atoms with van der Waals surface area (Å²) in [5.41, 5.74) is -0.331. The van der Waals surface area contributed by atoms with Crippen molar-refractivity contribution < 1.29 is 15.4 Å². The van der Waals surface area contributed by atoms with E-state index in [9.17, 15) is 4.79 Å². The second-order valence-corrected chi connectivity index (χ2v) is 4.63. The van der Waals surface area contributed by atoms with Crippen molar-refractivity contribution in [3.8, 4) is 0 Å². The number of carbonyl (C=O) groups is 1. The van der Waals surface area contributed by atoms with E-state index in [2.05, 4.69) is 5.32 Å². The van der Waals surface area contributed by atoms with Crippen LogP contribution in [0.3, 0.4) is 0 Å². The van der Waals surface area contributed by atoms with Crippen LogP contribution in [-0.4, -0.2) is 11.1 Å². The van der Waals surface area contributed by atoms with Crippen LogP contribution < -0.4 is 5.32 Å². The smallest absolute Gasteiger partial charge is 0.307 e. The number of hydrogen-bond acceptors (Lipinski definition) is 3. The second kappa shape index (κ2) is 5.61. The molecule has 0 aliphatic heterocycles. The van der Waals surface area contributed by atoms with Crippen LogP contribution in [0.2, 0.25) is 10.0 Å². The monoisotopic (exact) mass is 306 g/mol. The van der Waals surface area contributed by atoms with E-state index in [1.54, 1.807) is 18.2 Å². The Hall–Kier alpha value is -1.23. The Balaban J connectivity index is 2.60. The number of thiophene rings is 1. The number of anilines is 2. The lowest BCUT2D eigenvalue weighted by Gasteiger charge is -2.10. The molecule has 0 radical (unpaired) electrons. The van der Waals surface area contributed by atoms with Gasteiger partial charge in [0.05, 0.1) is 30.5 Å². The summed E-state index contributed by atoms with van der Waals surface area (Å²) in [6.07, 6.45) is -2.82. The Labute approximate surface area is 124 Å². The van der Waals surface area contributed by atoms with Crippen molar-refractivity contribution in [1.82, 2.24) is 0 Å². The van der Waals surface area contributed by atoms with Gasteiger partial charge in [-0.2, -0.15) is 0 Å². The minimum atomic E-state index is -2.82. The largest absolute Gasteiger partial charge is 0.481 e. The number of benzene rings is 1. The highest BCUT2D eigenvalue weighted by molar-refractivity contribution is 7.08. The normalized spacial score (nSPS) is 14.3. The summed E-state index contributed by atoms with van der Waals surface area (Å²) in [5.74, 6) is -1.74. The van der Waals surface area contributed by atoms with E-state index in [4.69, 9.17) is 33.8 Å². The molecule has 0 saturated heterocycles. The first-order chi connectivity index (χ1) is 10.2. The Bertz CT molecular complexity index is 731. The molecule has 0 saturated carbocycles. The van der Waals surface area contributed by atoms with Gasteiger partial charge in [0.15, 0.2) is 0 Å². The van der Waals surface area contributed by atoms with Gasteiger partial charge in [0.1, 0.15) is 0 Å². The fourth-order valence-electron chi connectivity index (χ4n) is 1.25. The number of nitrogens with one attached hydrogen (secondary N) is 1. The predicted molar refractivity (Wildman–Crippen MR) is 75.4 cm³/mol. The second-order valence-electron chi connectivity index (χ2n) is 3.21. The maximum absolute atomic E-state index is 11.1. The van der Waals surface area contributed by atoms with Crippen LogP contribution in [0.1, 0.15) is 11.0 Å². The van der Waals surface area contributed by atoms with Crippen molar-refractivity contribution in [3.05, 3.63) is 44.5 Å². The van der Waals surface area contributed by atoms with Gasteiger partial charge in [-0.15, -0.1) is 11.3 Å². The molecule has 94 valence electrons. The summed E-state index contributed by atoms with van der Waals surface area (Å²) in [4.78, 5) is 11.1. The fourth-order valence-corrected chi connectivity index (χ4v) is 2.31. The highest BCUT2D eigenvalue weighted by atomic mass is 35.5. The molecule has 0 atom stereocenters. The number of para-hydroxylation sites is 1. The highest BCUT2D eigenvalue weighted by Gasteiger charge is 2.11. The van der Waals surface area contributed by atoms with E-state index < -0.39 is 17.9 Å². The molecule has 0 unspecified atom stereocenters. The molecular formula is C12H9Cl2NO2S. The average molecular weight is 307 g/mol. The van der Waals surface area contributed by atoms with Crippen LogP contribution in [0.25, 0.3) is 0 Å². The molecule has 6 heteroatoms. The zero-order chi connectivity index (χ0) is 16.7. The van der Waals surface area contributed by atoms with Crippen LogP contribution >= 0.6 is 34.5 Å². The molecular weight excluding hydrogens is 294 g/mol. The number of hydrogen-bond donors (Lipinski definition) is 2. The maximum atomic E-state index is 11.1. The first-order valence-corrected chi connectivity index (χ1v) is 6.28. The summed E-state index contributed by atoms with van der Waals surface area (Å²) < 4.78 is 30.9. The summed E-state index contributed by atoms with van der Waals surface area (Å²) in [5, 5.41) is 11.7. The van der Waals surface area contributed by atoms with Crippen LogP contribution in [0.5, 0.6) is 0 Å². The zero-order valence-corrected chi connectivity index (χ0v) is 11.1. The van der Waals surface area contributed by atoms with Gasteiger partial charge in [-0.25, -0.2) is 0 Å². The molecule has 0 spiro atoms. The summed E-state index contributed by atoms with van der Waals surface area (Å²) in [6, 6.07) is 4.69. The molecule has 2 aromatic rings. The molecule has 2 rings (SSSR count). The zero-order valence-electron chi connectivity index (χ0n) is 12.8. The first-order valence-electron chi connectivity index (χ1n) is 6.71. The first kappa shape index (κ1) is 8.80. The Kier molecular flexibility index (Phi) is 2.74. The third-order valence-electron chi connectivity index (χ3n) is 2.00. The van der Waals surface area contributed by atoms with E-state index >= 15 is 0 Å². The number of halogens is 2. The van der Waals surface area contributed by atoms with E-state index in [1.165, 1.54) is 0 Å². The van der Waals surface area contributed by atoms with Gasteiger partial charge < -0.3 is 10.4 Å². The van der Waals surface area contributed by atoms with Gasteiger partial charge in [-0.1, -0.05) is 29.3 Å². The van der Waals surface area contributed by atoms with E-state index in [0.29, 0.717) is 11.3 Å². The fraction of sp³-hybridized carbons (Fsp3) is 0.0833. The highest BCUT2D eigenvalue weighted by Crippen LogP contribution is 2.34. The molecule has 0 aliphatic carbocycles. The Morgan fingerprint density at radius 1 is 1.44 bits per heavy atom. The molecule has 1 aromatic heterocycles. The lowest BCUT2D eigenvalue weighted by Crippen LogP contribution is -2.02. The van der Waals surface area contributed by atoms with E-state index in [-0.39, 0.29) is 32.1 Å². The molecule has 0 fully saturated rings. The standard InChI is InChI=1S/C12H9Cl2NO2S/c13-8-2-1-3-9(14)12(8)15-10-6-18-5-7(10)4-11(16)17/h1-3,5-6,15H,4H2,(H,16,17)/i4D2,5D,6D,11+1. The van der Waals surface area contributed by atoms with Gasteiger partial charge in [0, 0.05) is 8.10 Å².